The number of aromatic nitrogens is 1. The van der Waals surface area contributed by atoms with Crippen LogP contribution < -0.4 is 4.31 Å². The fourth-order valence-electron chi connectivity index (χ4n) is 2.60. The molecule has 0 spiro atoms. The van der Waals surface area contributed by atoms with Gasteiger partial charge in [0, 0.05) is 11.6 Å². The van der Waals surface area contributed by atoms with Crippen LogP contribution >= 0.6 is 0 Å². The summed E-state index contributed by atoms with van der Waals surface area (Å²) in [5, 5.41) is 10.4. The van der Waals surface area contributed by atoms with Gasteiger partial charge in [0.05, 0.1) is 28.7 Å². The van der Waals surface area contributed by atoms with Crippen LogP contribution in [0.5, 0.6) is 0 Å². The van der Waals surface area contributed by atoms with E-state index in [1.807, 2.05) is 6.07 Å². The summed E-state index contributed by atoms with van der Waals surface area (Å²) in [5.41, 5.74) is 1.13. The fourth-order valence-corrected chi connectivity index (χ4v) is 4.35. The van der Waals surface area contributed by atoms with E-state index in [1.54, 1.807) is 67.7 Å². The minimum Gasteiger partial charge on any atom is -0.392 e. The van der Waals surface area contributed by atoms with Crippen LogP contribution in [-0.2, 0) is 10.0 Å². The number of hydrogen-bond donors (Lipinski definition) is 1. The van der Waals surface area contributed by atoms with Crippen molar-refractivity contribution < 1.29 is 13.5 Å². The third kappa shape index (κ3) is 3.11. The predicted octanol–water partition coefficient (Wildman–Crippen LogP) is 2.81. The number of fused-ring (bicyclic) bond motifs is 1. The van der Waals surface area contributed by atoms with Gasteiger partial charge >= 0.3 is 0 Å². The largest absolute Gasteiger partial charge is 0.392 e. The molecule has 1 N–H and O–H groups in total. The van der Waals surface area contributed by atoms with Crippen molar-refractivity contribution in [3.05, 3.63) is 66.9 Å². The molecule has 0 aliphatic rings. The normalized spacial score (nSPS) is 12.9. The summed E-state index contributed by atoms with van der Waals surface area (Å²) in [6.45, 7) is 1.54. The maximum absolute atomic E-state index is 13.3. The summed E-state index contributed by atoms with van der Waals surface area (Å²) in [4.78, 5) is 4.39. The second-order valence-corrected chi connectivity index (χ2v) is 7.38. The number of sulfonamides is 1. The zero-order valence-corrected chi connectivity index (χ0v) is 14.0. The molecule has 1 atom stereocenters. The molecule has 24 heavy (non-hydrogen) atoms. The van der Waals surface area contributed by atoms with E-state index in [0.29, 0.717) is 16.6 Å². The molecule has 3 aromatic rings. The Morgan fingerprint density at radius 3 is 2.50 bits per heavy atom. The molecule has 0 saturated heterocycles. The first-order valence-corrected chi connectivity index (χ1v) is 9.04. The first-order valence-electron chi connectivity index (χ1n) is 7.60. The first kappa shape index (κ1) is 16.4. The lowest BCUT2D eigenvalue weighted by Gasteiger charge is -2.26. The van der Waals surface area contributed by atoms with Crippen LogP contribution in [0.3, 0.4) is 0 Å². The molecule has 124 valence electrons. The zero-order chi connectivity index (χ0) is 17.2. The number of anilines is 1. The predicted molar refractivity (Wildman–Crippen MR) is 94.4 cm³/mol. The minimum atomic E-state index is -3.84. The Balaban J connectivity index is 2.18. The average Bonchev–Trinajstić information content (AvgIpc) is 2.59. The van der Waals surface area contributed by atoms with Gasteiger partial charge in [0.25, 0.3) is 10.0 Å². The molecule has 1 aromatic heterocycles. The van der Waals surface area contributed by atoms with E-state index in [0.717, 1.165) is 0 Å². The summed E-state index contributed by atoms with van der Waals surface area (Å²) in [6.07, 6.45) is 0.830. The summed E-state index contributed by atoms with van der Waals surface area (Å²) in [6, 6.07) is 17.2. The summed E-state index contributed by atoms with van der Waals surface area (Å²) in [5.74, 6) is 0. The number of aliphatic hydroxyl groups excluding tert-OH is 1. The van der Waals surface area contributed by atoms with Crippen LogP contribution in [0.15, 0.2) is 71.8 Å². The van der Waals surface area contributed by atoms with E-state index in [1.165, 1.54) is 4.31 Å². The first-order chi connectivity index (χ1) is 11.5. The van der Waals surface area contributed by atoms with Gasteiger partial charge in [-0.05, 0) is 43.3 Å². The Bertz CT molecular complexity index is 935. The molecule has 6 heteroatoms. The Labute approximate surface area is 141 Å². The summed E-state index contributed by atoms with van der Waals surface area (Å²) >= 11 is 0. The minimum absolute atomic E-state index is 0.0248. The molecular weight excluding hydrogens is 324 g/mol. The van der Waals surface area contributed by atoms with Crippen molar-refractivity contribution in [1.29, 1.82) is 0 Å². The fraction of sp³-hybridized carbons (Fsp3) is 0.167. The van der Waals surface area contributed by atoms with E-state index in [9.17, 15) is 13.5 Å². The lowest BCUT2D eigenvalue weighted by Crippen LogP contribution is -2.36. The highest BCUT2D eigenvalue weighted by atomic mass is 32.2. The highest BCUT2D eigenvalue weighted by Crippen LogP contribution is 2.28. The van der Waals surface area contributed by atoms with E-state index >= 15 is 0 Å². The molecule has 0 radical (unpaired) electrons. The molecule has 5 nitrogen and oxygen atoms in total. The van der Waals surface area contributed by atoms with E-state index in [2.05, 4.69) is 4.98 Å². The van der Waals surface area contributed by atoms with Gasteiger partial charge in [0.1, 0.15) is 0 Å². The third-order valence-corrected chi connectivity index (χ3v) is 5.50. The molecule has 1 heterocycles. The van der Waals surface area contributed by atoms with Gasteiger partial charge in [0.15, 0.2) is 0 Å². The second-order valence-electron chi connectivity index (χ2n) is 5.55. The van der Waals surface area contributed by atoms with Gasteiger partial charge in [-0.3, -0.25) is 9.29 Å². The summed E-state index contributed by atoms with van der Waals surface area (Å²) < 4.78 is 27.8. The SMILES string of the molecule is C[C@@H](O)CN(c1ccccc1)S(=O)(=O)c1cccc2ncccc12. The van der Waals surface area contributed by atoms with Crippen LogP contribution in [0.4, 0.5) is 5.69 Å². The van der Waals surface area contributed by atoms with E-state index in [-0.39, 0.29) is 11.4 Å². The topological polar surface area (TPSA) is 70.5 Å². The Kier molecular flexibility index (Phi) is 4.51. The van der Waals surface area contributed by atoms with Gasteiger partial charge in [-0.1, -0.05) is 24.3 Å². The summed E-state index contributed by atoms with van der Waals surface area (Å²) in [7, 11) is -3.84. The highest BCUT2D eigenvalue weighted by molar-refractivity contribution is 7.93. The lowest BCUT2D eigenvalue weighted by molar-refractivity contribution is 0.204. The van der Waals surface area contributed by atoms with Gasteiger partial charge in [0.2, 0.25) is 0 Å². The third-order valence-electron chi connectivity index (χ3n) is 3.65. The monoisotopic (exact) mass is 342 g/mol. The van der Waals surface area contributed by atoms with Gasteiger partial charge < -0.3 is 5.11 Å². The zero-order valence-electron chi connectivity index (χ0n) is 13.2. The number of aliphatic hydroxyl groups is 1. The van der Waals surface area contributed by atoms with Crippen molar-refractivity contribution in [3.63, 3.8) is 0 Å². The number of benzene rings is 2. The van der Waals surface area contributed by atoms with Crippen LogP contribution in [0, 0.1) is 0 Å². The van der Waals surface area contributed by atoms with Crippen molar-refractivity contribution in [3.8, 4) is 0 Å². The smallest absolute Gasteiger partial charge is 0.265 e. The molecule has 2 aromatic carbocycles. The van der Waals surface area contributed by atoms with Crippen LogP contribution in [0.2, 0.25) is 0 Å². The van der Waals surface area contributed by atoms with Crippen LogP contribution in [0.25, 0.3) is 10.9 Å². The maximum Gasteiger partial charge on any atom is 0.265 e. The van der Waals surface area contributed by atoms with Crippen molar-refractivity contribution in [2.75, 3.05) is 10.8 Å². The molecule has 0 aliphatic carbocycles. The Hall–Kier alpha value is -2.44. The van der Waals surface area contributed by atoms with Crippen molar-refractivity contribution >= 4 is 26.6 Å². The molecule has 0 saturated carbocycles. The standard InChI is InChI=1S/C18H18N2O3S/c1-14(21)13-20(15-7-3-2-4-8-15)24(22,23)18-11-5-10-17-16(18)9-6-12-19-17/h2-12,14,21H,13H2,1H3/t14-/m1/s1. The molecule has 0 amide bonds. The van der Waals surface area contributed by atoms with Gasteiger partial charge in [-0.25, -0.2) is 8.42 Å². The van der Waals surface area contributed by atoms with Crippen molar-refractivity contribution in [1.82, 2.24) is 4.98 Å². The number of rotatable bonds is 5. The van der Waals surface area contributed by atoms with Crippen LogP contribution in [0.1, 0.15) is 6.92 Å². The van der Waals surface area contributed by atoms with Crippen LogP contribution in [-0.4, -0.2) is 31.2 Å². The number of nitrogens with zero attached hydrogens (tertiary/aromatic N) is 2. The number of pyridine rings is 1. The Morgan fingerprint density at radius 2 is 1.79 bits per heavy atom. The second kappa shape index (κ2) is 6.59. The molecule has 0 unspecified atom stereocenters. The van der Waals surface area contributed by atoms with Crippen molar-refractivity contribution in [2.45, 2.75) is 17.9 Å². The number of hydrogen-bond acceptors (Lipinski definition) is 4. The average molecular weight is 342 g/mol. The molecule has 0 fully saturated rings. The molecule has 0 bridgehead atoms. The quantitative estimate of drug-likeness (QED) is 0.774. The van der Waals surface area contributed by atoms with Gasteiger partial charge in [-0.15, -0.1) is 0 Å². The van der Waals surface area contributed by atoms with Gasteiger partial charge in [-0.2, -0.15) is 0 Å². The van der Waals surface area contributed by atoms with E-state index in [4.69, 9.17) is 0 Å². The maximum atomic E-state index is 13.3. The van der Waals surface area contributed by atoms with E-state index < -0.39 is 16.1 Å². The van der Waals surface area contributed by atoms with Crippen molar-refractivity contribution in [2.24, 2.45) is 0 Å². The lowest BCUT2D eigenvalue weighted by atomic mass is 10.2. The molecular formula is C18H18N2O3S. The highest BCUT2D eigenvalue weighted by Gasteiger charge is 2.27. The molecule has 3 rings (SSSR count). The molecule has 0 aliphatic heterocycles. The Morgan fingerprint density at radius 1 is 1.04 bits per heavy atom. The number of para-hydroxylation sites is 1.